The van der Waals surface area contributed by atoms with E-state index in [4.69, 9.17) is 9.15 Å². The molecule has 5 nitrogen and oxygen atoms in total. The van der Waals surface area contributed by atoms with Crippen LogP contribution >= 0.6 is 0 Å². The number of amides is 1. The molecule has 8 heteroatoms. The van der Waals surface area contributed by atoms with Crippen molar-refractivity contribution < 1.29 is 27.1 Å². The molecule has 4 rings (SSSR count). The molecule has 1 aliphatic rings. The number of rotatable bonds is 6. The zero-order valence-corrected chi connectivity index (χ0v) is 19.4. The second-order valence-electron chi connectivity index (χ2n) is 8.69. The van der Waals surface area contributed by atoms with Crippen LogP contribution in [-0.2, 0) is 12.6 Å². The summed E-state index contributed by atoms with van der Waals surface area (Å²) in [5, 5.41) is 3.41. The highest BCUT2D eigenvalue weighted by Crippen LogP contribution is 2.36. The number of halogens is 3. The van der Waals surface area contributed by atoms with E-state index in [9.17, 15) is 18.0 Å². The minimum absolute atomic E-state index is 0.278. The maximum absolute atomic E-state index is 13.3. The second kappa shape index (κ2) is 10.1. The molecule has 3 aromatic rings. The highest BCUT2D eigenvalue weighted by molar-refractivity contribution is 6.14. The number of likely N-dealkylation sites (tertiary alicyclic amines) is 1. The van der Waals surface area contributed by atoms with Gasteiger partial charge in [0.15, 0.2) is 0 Å². The van der Waals surface area contributed by atoms with Crippen molar-refractivity contribution in [3.05, 3.63) is 58.8 Å². The summed E-state index contributed by atoms with van der Waals surface area (Å²) < 4.78 is 50.1. The first-order valence-electron chi connectivity index (χ1n) is 11.6. The van der Waals surface area contributed by atoms with Crippen molar-refractivity contribution in [2.45, 2.75) is 45.2 Å². The smallest absolute Gasteiger partial charge is 0.416 e. The fourth-order valence-electron chi connectivity index (χ4n) is 4.64. The standard InChI is InChI=1S/C26H29F3N2O3/c1-17-23(25(32)30-19-9-7-18(8-10-19)26(27,28)29)24-20(21(33-2)11-12-22(24)34-17)13-16-31-14-5-3-4-6-15-31/h7-12H,3-6,13-16H2,1-2H3,(H,30,32). The van der Waals surface area contributed by atoms with Gasteiger partial charge in [-0.15, -0.1) is 0 Å². The minimum Gasteiger partial charge on any atom is -0.496 e. The molecule has 1 N–H and O–H groups in total. The number of hydrogen-bond acceptors (Lipinski definition) is 4. The van der Waals surface area contributed by atoms with Crippen molar-refractivity contribution in [1.29, 1.82) is 0 Å². The molecule has 1 aromatic heterocycles. The van der Waals surface area contributed by atoms with E-state index in [0.717, 1.165) is 37.3 Å². The van der Waals surface area contributed by atoms with Crippen molar-refractivity contribution in [1.82, 2.24) is 4.90 Å². The van der Waals surface area contributed by atoms with Crippen LogP contribution in [0.5, 0.6) is 5.75 Å². The van der Waals surface area contributed by atoms with Crippen LogP contribution in [0.15, 0.2) is 40.8 Å². The Morgan fingerprint density at radius 3 is 2.35 bits per heavy atom. The van der Waals surface area contributed by atoms with Gasteiger partial charge in [0.05, 0.1) is 18.2 Å². The predicted octanol–water partition coefficient (Wildman–Crippen LogP) is 6.44. The lowest BCUT2D eigenvalue weighted by molar-refractivity contribution is -0.137. The zero-order valence-electron chi connectivity index (χ0n) is 19.4. The highest BCUT2D eigenvalue weighted by Gasteiger charge is 2.30. The van der Waals surface area contributed by atoms with Gasteiger partial charge in [-0.1, -0.05) is 12.8 Å². The number of nitrogens with zero attached hydrogens (tertiary/aromatic N) is 1. The molecule has 1 aliphatic heterocycles. The van der Waals surface area contributed by atoms with Gasteiger partial charge in [-0.25, -0.2) is 0 Å². The quantitative estimate of drug-likeness (QED) is 0.447. The fraction of sp³-hybridized carbons (Fsp3) is 0.423. The van der Waals surface area contributed by atoms with Crippen molar-refractivity contribution in [3.8, 4) is 5.75 Å². The molecule has 0 spiro atoms. The van der Waals surface area contributed by atoms with Crippen LogP contribution < -0.4 is 10.1 Å². The van der Waals surface area contributed by atoms with E-state index in [1.54, 1.807) is 20.1 Å². The number of furan rings is 1. The molecule has 0 atom stereocenters. The number of carbonyl (C=O) groups excluding carboxylic acids is 1. The first-order chi connectivity index (χ1) is 16.3. The van der Waals surface area contributed by atoms with Gasteiger partial charge >= 0.3 is 6.18 Å². The number of ether oxygens (including phenoxy) is 1. The Labute approximate surface area is 196 Å². The Morgan fingerprint density at radius 2 is 1.74 bits per heavy atom. The lowest BCUT2D eigenvalue weighted by Crippen LogP contribution is -2.27. The van der Waals surface area contributed by atoms with Crippen LogP contribution in [0.4, 0.5) is 18.9 Å². The highest BCUT2D eigenvalue weighted by atomic mass is 19.4. The van der Waals surface area contributed by atoms with Crippen LogP contribution in [0.25, 0.3) is 11.0 Å². The molecule has 0 radical (unpaired) electrons. The number of methoxy groups -OCH3 is 1. The van der Waals surface area contributed by atoms with E-state index in [0.29, 0.717) is 34.5 Å². The summed E-state index contributed by atoms with van der Waals surface area (Å²) in [5.74, 6) is 0.704. The monoisotopic (exact) mass is 474 g/mol. The molecule has 0 saturated carbocycles. The van der Waals surface area contributed by atoms with Gasteiger partial charge in [0.2, 0.25) is 0 Å². The van der Waals surface area contributed by atoms with Gasteiger partial charge in [-0.2, -0.15) is 13.2 Å². The van der Waals surface area contributed by atoms with Crippen LogP contribution in [-0.4, -0.2) is 37.6 Å². The van der Waals surface area contributed by atoms with E-state index < -0.39 is 17.6 Å². The predicted molar refractivity (Wildman–Crippen MR) is 126 cm³/mol. The SMILES string of the molecule is COc1ccc2oc(C)c(C(=O)Nc3ccc(C(F)(F)F)cc3)c2c1CCN1CCCCCC1. The average Bonchev–Trinajstić information content (AvgIpc) is 2.95. The maximum atomic E-state index is 13.3. The van der Waals surface area contributed by atoms with Gasteiger partial charge < -0.3 is 19.4 Å². The molecular weight excluding hydrogens is 445 g/mol. The van der Waals surface area contributed by atoms with Gasteiger partial charge in [0.25, 0.3) is 5.91 Å². The molecule has 1 fully saturated rings. The van der Waals surface area contributed by atoms with Crippen LogP contribution in [0, 0.1) is 6.92 Å². The van der Waals surface area contributed by atoms with Crippen molar-refractivity contribution in [2.24, 2.45) is 0 Å². The first kappa shape index (κ1) is 24.1. The number of alkyl halides is 3. The van der Waals surface area contributed by atoms with E-state index in [-0.39, 0.29) is 5.69 Å². The lowest BCUT2D eigenvalue weighted by Gasteiger charge is -2.20. The van der Waals surface area contributed by atoms with Crippen LogP contribution in [0.1, 0.15) is 52.9 Å². The van der Waals surface area contributed by atoms with Crippen molar-refractivity contribution in [3.63, 3.8) is 0 Å². The van der Waals surface area contributed by atoms with E-state index in [1.165, 1.54) is 37.8 Å². The first-order valence-corrected chi connectivity index (χ1v) is 11.6. The summed E-state index contributed by atoms with van der Waals surface area (Å²) in [7, 11) is 1.60. The fourth-order valence-corrected chi connectivity index (χ4v) is 4.64. The Balaban J connectivity index is 1.64. The molecule has 34 heavy (non-hydrogen) atoms. The summed E-state index contributed by atoms with van der Waals surface area (Å²) in [6, 6.07) is 8.03. The molecule has 1 amide bonds. The summed E-state index contributed by atoms with van der Waals surface area (Å²) in [5.41, 5.74) is 1.37. The lowest BCUT2D eigenvalue weighted by atomic mass is 10.00. The van der Waals surface area contributed by atoms with Crippen LogP contribution in [0.2, 0.25) is 0 Å². The molecule has 0 aliphatic carbocycles. The Kier molecular flexibility index (Phi) is 7.16. The summed E-state index contributed by atoms with van der Waals surface area (Å²) in [4.78, 5) is 15.7. The summed E-state index contributed by atoms with van der Waals surface area (Å²) in [6.07, 6.45) is 1.15. The number of benzene rings is 2. The molecule has 2 aromatic carbocycles. The number of fused-ring (bicyclic) bond motifs is 1. The molecule has 0 bridgehead atoms. The zero-order chi connectivity index (χ0) is 24.3. The number of carbonyl (C=O) groups is 1. The Bertz CT molecular complexity index is 1140. The van der Waals surface area contributed by atoms with E-state index in [1.807, 2.05) is 6.07 Å². The number of nitrogens with one attached hydrogen (secondary N) is 1. The van der Waals surface area contributed by atoms with Gasteiger partial charge in [-0.05, 0) is 75.7 Å². The normalized spacial score (nSPS) is 15.3. The van der Waals surface area contributed by atoms with Gasteiger partial charge in [0.1, 0.15) is 17.1 Å². The molecular formula is C26H29F3N2O3. The number of anilines is 1. The largest absolute Gasteiger partial charge is 0.496 e. The third-order valence-electron chi connectivity index (χ3n) is 6.39. The number of aryl methyl sites for hydroxylation is 1. The Hall–Kier alpha value is -3.00. The third kappa shape index (κ3) is 5.22. The third-order valence-corrected chi connectivity index (χ3v) is 6.39. The van der Waals surface area contributed by atoms with E-state index in [2.05, 4.69) is 10.2 Å². The molecule has 1 saturated heterocycles. The molecule has 2 heterocycles. The van der Waals surface area contributed by atoms with Crippen LogP contribution in [0.3, 0.4) is 0 Å². The molecule has 0 unspecified atom stereocenters. The van der Waals surface area contributed by atoms with E-state index >= 15 is 0 Å². The van der Waals surface area contributed by atoms with Gasteiger partial charge in [-0.3, -0.25) is 4.79 Å². The summed E-state index contributed by atoms with van der Waals surface area (Å²) in [6.45, 7) is 4.68. The minimum atomic E-state index is -4.43. The Morgan fingerprint density at radius 1 is 1.06 bits per heavy atom. The number of hydrogen-bond donors (Lipinski definition) is 1. The average molecular weight is 475 g/mol. The van der Waals surface area contributed by atoms with Gasteiger partial charge in [0, 0.05) is 23.2 Å². The molecule has 182 valence electrons. The topological polar surface area (TPSA) is 54.7 Å². The second-order valence-corrected chi connectivity index (χ2v) is 8.69. The van der Waals surface area contributed by atoms with Crippen molar-refractivity contribution in [2.75, 3.05) is 32.1 Å². The maximum Gasteiger partial charge on any atom is 0.416 e. The van der Waals surface area contributed by atoms with Crippen molar-refractivity contribution >= 4 is 22.6 Å². The summed E-state index contributed by atoms with van der Waals surface area (Å²) >= 11 is 0.